The van der Waals surface area contributed by atoms with Gasteiger partial charge in [-0.2, -0.15) is 0 Å². The minimum absolute atomic E-state index is 0.218. The van der Waals surface area contributed by atoms with E-state index in [9.17, 15) is 13.2 Å². The lowest BCUT2D eigenvalue weighted by Crippen LogP contribution is -2.16. The zero-order valence-corrected chi connectivity index (χ0v) is 12.0. The van der Waals surface area contributed by atoms with E-state index in [0.717, 1.165) is 15.5 Å². The molecule has 0 fully saturated rings. The first-order valence-electron chi connectivity index (χ1n) is 5.54. The summed E-state index contributed by atoms with van der Waals surface area (Å²) >= 11 is 2.95. The lowest BCUT2D eigenvalue weighted by Gasteiger charge is -2.09. The van der Waals surface area contributed by atoms with Gasteiger partial charge in [0.05, 0.1) is 9.90 Å². The maximum absolute atomic E-state index is 12.0. The predicted octanol–water partition coefficient (Wildman–Crippen LogP) is 4.22. The summed E-state index contributed by atoms with van der Waals surface area (Å²) in [5, 5.41) is 0.513. The van der Waals surface area contributed by atoms with Crippen LogP contribution in [-0.2, 0) is 5.75 Å². The maximum atomic E-state index is 12.0. The van der Waals surface area contributed by atoms with Gasteiger partial charge in [-0.1, -0.05) is 23.5 Å². The molecule has 1 aromatic heterocycles. The topological polar surface area (TPSA) is 48.1 Å². The van der Waals surface area contributed by atoms with Crippen LogP contribution in [-0.4, -0.2) is 11.3 Å². The van der Waals surface area contributed by atoms with Crippen LogP contribution in [0.25, 0.3) is 0 Å². The normalized spacial score (nSPS) is 11.6. The maximum Gasteiger partial charge on any atom is 0.573 e. The fraction of sp³-hybridized carbons (Fsp3) is 0.250. The summed E-state index contributed by atoms with van der Waals surface area (Å²) in [5.41, 5.74) is 7.37. The van der Waals surface area contributed by atoms with Crippen LogP contribution in [0, 0.1) is 6.92 Å². The number of rotatable bonds is 4. The zero-order chi connectivity index (χ0) is 14.8. The minimum Gasteiger partial charge on any atom is -0.406 e. The first-order chi connectivity index (χ1) is 9.33. The molecule has 0 radical (unpaired) electrons. The molecule has 0 aliphatic carbocycles. The van der Waals surface area contributed by atoms with Crippen LogP contribution in [0.2, 0.25) is 0 Å². The lowest BCUT2D eigenvalue weighted by atomic mass is 10.2. The summed E-state index contributed by atoms with van der Waals surface area (Å²) in [4.78, 5) is 4.11. The van der Waals surface area contributed by atoms with Crippen LogP contribution in [0.3, 0.4) is 0 Å². The Morgan fingerprint density at radius 2 is 1.95 bits per heavy atom. The highest BCUT2D eigenvalue weighted by Crippen LogP contribution is 2.33. The number of aryl methyl sites for hydroxylation is 1. The fourth-order valence-corrected chi connectivity index (χ4v) is 3.45. The molecular weight excluding hydrogens is 309 g/mol. The van der Waals surface area contributed by atoms with Crippen LogP contribution >= 0.6 is 23.1 Å². The molecule has 0 aliphatic rings. The number of thioether (sulfide) groups is 1. The van der Waals surface area contributed by atoms with Crippen LogP contribution in [0.15, 0.2) is 28.5 Å². The molecule has 0 saturated heterocycles. The molecular formula is C12H11F3N2OS2. The highest BCUT2D eigenvalue weighted by atomic mass is 32.2. The summed E-state index contributed by atoms with van der Waals surface area (Å²) in [7, 11) is 0. The van der Waals surface area contributed by atoms with Gasteiger partial charge in [-0.25, -0.2) is 4.98 Å². The fourth-order valence-electron chi connectivity index (χ4n) is 1.47. The van der Waals surface area contributed by atoms with Crippen LogP contribution in [0.5, 0.6) is 5.75 Å². The third kappa shape index (κ3) is 4.31. The Hall–Kier alpha value is -1.41. The van der Waals surface area contributed by atoms with E-state index >= 15 is 0 Å². The van der Waals surface area contributed by atoms with E-state index in [4.69, 9.17) is 5.73 Å². The second-order valence-corrected chi connectivity index (χ2v) is 6.18. The number of nitrogen functional groups attached to an aromatic ring is 1. The molecule has 2 aromatic rings. The quantitative estimate of drug-likeness (QED) is 0.857. The largest absolute Gasteiger partial charge is 0.573 e. The molecule has 3 nitrogen and oxygen atoms in total. The van der Waals surface area contributed by atoms with Gasteiger partial charge in [-0.05, 0) is 24.6 Å². The number of hydrogen-bond donors (Lipinski definition) is 1. The Balaban J connectivity index is 1.96. The third-order valence-electron chi connectivity index (χ3n) is 2.30. The lowest BCUT2D eigenvalue weighted by molar-refractivity contribution is -0.274. The standard InChI is InChI=1S/C12H11F3N2OS2/c1-7-10(20-11(16)17-7)19-6-8-2-4-9(5-3-8)18-12(13,14)15/h2-5H,6H2,1H3,(H2,16,17). The number of anilines is 1. The molecule has 0 saturated carbocycles. The van der Waals surface area contributed by atoms with Gasteiger partial charge in [0, 0.05) is 5.75 Å². The van der Waals surface area contributed by atoms with Crippen molar-refractivity contribution in [3.8, 4) is 5.75 Å². The Morgan fingerprint density at radius 1 is 1.30 bits per heavy atom. The Bertz CT molecular complexity index is 581. The molecule has 0 bridgehead atoms. The van der Waals surface area contributed by atoms with Gasteiger partial charge in [-0.3, -0.25) is 0 Å². The monoisotopic (exact) mass is 320 g/mol. The van der Waals surface area contributed by atoms with Crippen molar-refractivity contribution < 1.29 is 17.9 Å². The van der Waals surface area contributed by atoms with Gasteiger partial charge in [-0.15, -0.1) is 24.9 Å². The minimum atomic E-state index is -4.66. The molecule has 0 unspecified atom stereocenters. The number of nitrogens with two attached hydrogens (primary N) is 1. The Kier molecular flexibility index (Phi) is 4.44. The van der Waals surface area contributed by atoms with E-state index in [0.29, 0.717) is 10.9 Å². The van der Waals surface area contributed by atoms with Gasteiger partial charge in [0.2, 0.25) is 0 Å². The smallest absolute Gasteiger partial charge is 0.406 e. The summed E-state index contributed by atoms with van der Waals surface area (Å²) in [6.07, 6.45) is -4.66. The summed E-state index contributed by atoms with van der Waals surface area (Å²) in [6.45, 7) is 1.87. The highest BCUT2D eigenvalue weighted by molar-refractivity contribution is 8.00. The molecule has 8 heteroatoms. The molecule has 2 rings (SSSR count). The number of hydrogen-bond acceptors (Lipinski definition) is 5. The van der Waals surface area contributed by atoms with E-state index in [-0.39, 0.29) is 5.75 Å². The molecule has 0 amide bonds. The van der Waals surface area contributed by atoms with Gasteiger partial charge in [0.1, 0.15) is 5.75 Å². The molecule has 108 valence electrons. The second-order valence-electron chi connectivity index (χ2n) is 3.91. The molecule has 0 spiro atoms. The van der Waals surface area contributed by atoms with Gasteiger partial charge in [0.15, 0.2) is 5.13 Å². The summed E-state index contributed by atoms with van der Waals surface area (Å²) < 4.78 is 40.9. The van der Waals surface area contributed by atoms with Crippen molar-refractivity contribution in [1.29, 1.82) is 0 Å². The molecule has 1 heterocycles. The van der Waals surface area contributed by atoms with E-state index in [1.165, 1.54) is 23.5 Å². The van der Waals surface area contributed by atoms with E-state index in [1.807, 2.05) is 6.92 Å². The molecule has 1 aromatic carbocycles. The van der Waals surface area contributed by atoms with Crippen molar-refractivity contribution in [2.45, 2.75) is 23.2 Å². The number of alkyl halides is 3. The van der Waals surface area contributed by atoms with Gasteiger partial charge in [0.25, 0.3) is 0 Å². The van der Waals surface area contributed by atoms with E-state index < -0.39 is 6.36 Å². The average Bonchev–Trinajstić information content (AvgIpc) is 2.65. The van der Waals surface area contributed by atoms with Crippen molar-refractivity contribution in [2.24, 2.45) is 0 Å². The molecule has 20 heavy (non-hydrogen) atoms. The number of benzene rings is 1. The van der Waals surface area contributed by atoms with E-state index in [1.54, 1.807) is 23.9 Å². The number of ether oxygens (including phenoxy) is 1. The van der Waals surface area contributed by atoms with Crippen LogP contribution in [0.4, 0.5) is 18.3 Å². The average molecular weight is 320 g/mol. The molecule has 2 N–H and O–H groups in total. The number of halogens is 3. The van der Waals surface area contributed by atoms with Crippen LogP contribution < -0.4 is 10.5 Å². The van der Waals surface area contributed by atoms with Gasteiger partial charge >= 0.3 is 6.36 Å². The zero-order valence-electron chi connectivity index (χ0n) is 10.4. The predicted molar refractivity (Wildman–Crippen MR) is 73.9 cm³/mol. The Labute approximate surface area is 122 Å². The van der Waals surface area contributed by atoms with Crippen LogP contribution in [0.1, 0.15) is 11.3 Å². The number of nitrogens with zero attached hydrogens (tertiary/aromatic N) is 1. The summed E-state index contributed by atoms with van der Waals surface area (Å²) in [6, 6.07) is 5.82. The SMILES string of the molecule is Cc1nc(N)sc1SCc1ccc(OC(F)(F)F)cc1. The molecule has 0 atom stereocenters. The second kappa shape index (κ2) is 5.92. The van der Waals surface area contributed by atoms with Crippen molar-refractivity contribution in [3.63, 3.8) is 0 Å². The van der Waals surface area contributed by atoms with Crippen molar-refractivity contribution in [2.75, 3.05) is 5.73 Å². The van der Waals surface area contributed by atoms with Crippen molar-refractivity contribution >= 4 is 28.2 Å². The van der Waals surface area contributed by atoms with Crippen molar-refractivity contribution in [3.05, 3.63) is 35.5 Å². The third-order valence-corrected chi connectivity index (χ3v) is 4.72. The first kappa shape index (κ1) is 15.0. The van der Waals surface area contributed by atoms with Crippen molar-refractivity contribution in [1.82, 2.24) is 4.98 Å². The Morgan fingerprint density at radius 3 is 2.45 bits per heavy atom. The number of aromatic nitrogens is 1. The summed E-state index contributed by atoms with van der Waals surface area (Å²) in [5.74, 6) is 0.416. The highest BCUT2D eigenvalue weighted by Gasteiger charge is 2.30. The number of thiazole rings is 1. The van der Waals surface area contributed by atoms with Gasteiger partial charge < -0.3 is 10.5 Å². The molecule has 0 aliphatic heterocycles. The van der Waals surface area contributed by atoms with E-state index in [2.05, 4.69) is 9.72 Å². The first-order valence-corrected chi connectivity index (χ1v) is 7.34.